The summed E-state index contributed by atoms with van der Waals surface area (Å²) in [5, 5.41) is 9.27. The SMILES string of the molecule is CCOC(=O)/C=C/c1cc2cc(NS(=O)(=O)c3ccc(N=Nc4ccc(N(C)C)cc4)cc3)ccc2s1. The van der Waals surface area contributed by atoms with Gasteiger partial charge < -0.3 is 9.64 Å². The van der Waals surface area contributed by atoms with Crippen LogP contribution in [0.2, 0.25) is 0 Å². The van der Waals surface area contributed by atoms with Crippen LogP contribution in [-0.2, 0) is 19.6 Å². The first-order chi connectivity index (χ1) is 17.7. The van der Waals surface area contributed by atoms with E-state index in [9.17, 15) is 13.2 Å². The molecule has 10 heteroatoms. The molecule has 0 bridgehead atoms. The first kappa shape index (κ1) is 26.1. The van der Waals surface area contributed by atoms with Crippen LogP contribution in [0.15, 0.2) is 94.0 Å². The van der Waals surface area contributed by atoms with E-state index in [4.69, 9.17) is 4.74 Å². The summed E-state index contributed by atoms with van der Waals surface area (Å²) in [5.41, 5.74) is 2.74. The van der Waals surface area contributed by atoms with E-state index in [0.717, 1.165) is 20.7 Å². The van der Waals surface area contributed by atoms with Gasteiger partial charge in [-0.05, 0) is 91.2 Å². The minimum Gasteiger partial charge on any atom is -0.463 e. The summed E-state index contributed by atoms with van der Waals surface area (Å²) in [6.45, 7) is 2.07. The number of ether oxygens (including phenoxy) is 1. The van der Waals surface area contributed by atoms with Gasteiger partial charge in [0.15, 0.2) is 0 Å². The number of nitrogens with one attached hydrogen (secondary N) is 1. The van der Waals surface area contributed by atoms with Crippen molar-refractivity contribution < 1.29 is 17.9 Å². The van der Waals surface area contributed by atoms with Crippen molar-refractivity contribution >= 4 is 66.2 Å². The number of hydrogen-bond acceptors (Lipinski definition) is 8. The van der Waals surface area contributed by atoms with Gasteiger partial charge in [-0.3, -0.25) is 4.72 Å². The van der Waals surface area contributed by atoms with E-state index in [1.807, 2.05) is 55.4 Å². The number of esters is 1. The number of thiophene rings is 1. The van der Waals surface area contributed by atoms with Gasteiger partial charge in [-0.15, -0.1) is 11.3 Å². The molecule has 3 aromatic carbocycles. The number of fused-ring (bicyclic) bond motifs is 1. The lowest BCUT2D eigenvalue weighted by Crippen LogP contribution is -2.12. The number of carbonyl (C=O) groups excluding carboxylic acids is 1. The molecule has 190 valence electrons. The number of benzene rings is 3. The normalized spacial score (nSPS) is 11.9. The fourth-order valence-electron chi connectivity index (χ4n) is 3.39. The first-order valence-electron chi connectivity index (χ1n) is 11.4. The minimum absolute atomic E-state index is 0.116. The molecule has 1 heterocycles. The van der Waals surface area contributed by atoms with Gasteiger partial charge >= 0.3 is 5.97 Å². The molecule has 0 spiro atoms. The highest BCUT2D eigenvalue weighted by molar-refractivity contribution is 7.92. The summed E-state index contributed by atoms with van der Waals surface area (Å²) in [6.07, 6.45) is 3.06. The van der Waals surface area contributed by atoms with E-state index >= 15 is 0 Å². The van der Waals surface area contributed by atoms with Crippen LogP contribution >= 0.6 is 11.3 Å². The Labute approximate surface area is 220 Å². The Bertz CT molecular complexity index is 1560. The quantitative estimate of drug-likeness (QED) is 0.145. The van der Waals surface area contributed by atoms with Gasteiger partial charge in [0, 0.05) is 41.1 Å². The highest BCUT2D eigenvalue weighted by atomic mass is 32.2. The maximum absolute atomic E-state index is 12.9. The molecule has 1 N–H and O–H groups in total. The molecule has 0 unspecified atom stereocenters. The zero-order valence-electron chi connectivity index (χ0n) is 20.6. The van der Waals surface area contributed by atoms with Crippen molar-refractivity contribution in [3.05, 3.63) is 83.7 Å². The third kappa shape index (κ3) is 6.81. The van der Waals surface area contributed by atoms with Crippen LogP contribution < -0.4 is 9.62 Å². The van der Waals surface area contributed by atoms with Gasteiger partial charge in [-0.2, -0.15) is 10.2 Å². The van der Waals surface area contributed by atoms with Crippen LogP contribution in [0.5, 0.6) is 0 Å². The molecule has 0 saturated heterocycles. The fraction of sp³-hybridized carbons (Fsp3) is 0.148. The Morgan fingerprint density at radius 3 is 2.24 bits per heavy atom. The van der Waals surface area contributed by atoms with Crippen molar-refractivity contribution in [2.75, 3.05) is 30.3 Å². The van der Waals surface area contributed by atoms with Gasteiger partial charge in [-0.25, -0.2) is 13.2 Å². The summed E-state index contributed by atoms with van der Waals surface area (Å²) >= 11 is 1.49. The molecule has 4 aromatic rings. The Hall–Kier alpha value is -4.02. The molecule has 0 aliphatic rings. The van der Waals surface area contributed by atoms with Gasteiger partial charge in [0.1, 0.15) is 0 Å². The van der Waals surface area contributed by atoms with Crippen molar-refractivity contribution in [2.24, 2.45) is 10.2 Å². The number of hydrogen-bond donors (Lipinski definition) is 1. The van der Waals surface area contributed by atoms with Gasteiger partial charge in [0.2, 0.25) is 0 Å². The molecule has 0 amide bonds. The Kier molecular flexibility index (Phi) is 8.00. The second-order valence-electron chi connectivity index (χ2n) is 8.20. The van der Waals surface area contributed by atoms with Crippen LogP contribution in [0.25, 0.3) is 16.2 Å². The molecule has 0 aliphatic carbocycles. The molecule has 0 aliphatic heterocycles. The topological polar surface area (TPSA) is 100 Å². The Morgan fingerprint density at radius 2 is 1.62 bits per heavy atom. The van der Waals surface area contributed by atoms with E-state index in [0.29, 0.717) is 23.7 Å². The Morgan fingerprint density at radius 1 is 0.973 bits per heavy atom. The van der Waals surface area contributed by atoms with E-state index in [1.54, 1.807) is 37.3 Å². The van der Waals surface area contributed by atoms with Crippen LogP contribution in [0.4, 0.5) is 22.7 Å². The summed E-state index contributed by atoms with van der Waals surface area (Å²) in [6, 6.07) is 21.0. The van der Waals surface area contributed by atoms with Crippen LogP contribution in [0, 0.1) is 0 Å². The van der Waals surface area contributed by atoms with E-state index in [-0.39, 0.29) is 4.90 Å². The van der Waals surface area contributed by atoms with E-state index in [1.165, 1.54) is 29.5 Å². The summed E-state index contributed by atoms with van der Waals surface area (Å²) in [7, 11) is 0.129. The predicted octanol–water partition coefficient (Wildman–Crippen LogP) is 6.76. The molecule has 0 radical (unpaired) electrons. The zero-order chi connectivity index (χ0) is 26.4. The second-order valence-corrected chi connectivity index (χ2v) is 11.0. The smallest absolute Gasteiger partial charge is 0.330 e. The van der Waals surface area contributed by atoms with Crippen molar-refractivity contribution in [2.45, 2.75) is 11.8 Å². The summed E-state index contributed by atoms with van der Waals surface area (Å²) in [5.74, 6) is -0.403. The zero-order valence-corrected chi connectivity index (χ0v) is 22.2. The summed E-state index contributed by atoms with van der Waals surface area (Å²) < 4.78 is 34.3. The maximum Gasteiger partial charge on any atom is 0.330 e. The molecule has 0 saturated carbocycles. The van der Waals surface area contributed by atoms with Crippen molar-refractivity contribution in [1.82, 2.24) is 0 Å². The molecular weight excluding hydrogens is 508 g/mol. The number of carbonyl (C=O) groups is 1. The second kappa shape index (κ2) is 11.4. The monoisotopic (exact) mass is 534 g/mol. The predicted molar refractivity (Wildman–Crippen MR) is 150 cm³/mol. The molecular formula is C27H26N4O4S2. The molecule has 1 aromatic heterocycles. The molecule has 4 rings (SSSR count). The van der Waals surface area contributed by atoms with Gasteiger partial charge in [-0.1, -0.05) is 0 Å². The number of sulfonamides is 1. The average molecular weight is 535 g/mol. The third-order valence-corrected chi connectivity index (χ3v) is 7.73. The third-order valence-electron chi connectivity index (χ3n) is 5.25. The molecule has 8 nitrogen and oxygen atoms in total. The van der Waals surface area contributed by atoms with E-state index < -0.39 is 16.0 Å². The fourth-order valence-corrected chi connectivity index (χ4v) is 5.39. The average Bonchev–Trinajstić information content (AvgIpc) is 3.29. The molecule has 0 fully saturated rings. The van der Waals surface area contributed by atoms with E-state index in [2.05, 4.69) is 15.0 Å². The first-order valence-corrected chi connectivity index (χ1v) is 13.7. The van der Waals surface area contributed by atoms with Crippen molar-refractivity contribution in [3.8, 4) is 0 Å². The minimum atomic E-state index is -3.80. The van der Waals surface area contributed by atoms with Crippen LogP contribution in [0.3, 0.4) is 0 Å². The number of anilines is 2. The molecule has 0 atom stereocenters. The number of rotatable bonds is 9. The highest BCUT2D eigenvalue weighted by Gasteiger charge is 2.15. The number of azo groups is 1. The van der Waals surface area contributed by atoms with Crippen LogP contribution in [-0.4, -0.2) is 35.1 Å². The maximum atomic E-state index is 12.9. The standard InChI is InChI=1S/C27H26N4O4S2/c1-4-35-27(32)16-12-24-18-19-17-22(9-15-26(19)36-24)30-37(33,34)25-13-7-21(8-14-25)29-28-20-5-10-23(11-6-20)31(2)3/h5-18,30H,4H2,1-3H3/b16-12+,29-28?. The van der Waals surface area contributed by atoms with Crippen molar-refractivity contribution in [3.63, 3.8) is 0 Å². The lowest BCUT2D eigenvalue weighted by molar-refractivity contribution is -0.137. The lowest BCUT2D eigenvalue weighted by Gasteiger charge is -2.11. The number of nitrogens with zero attached hydrogens (tertiary/aromatic N) is 3. The highest BCUT2D eigenvalue weighted by Crippen LogP contribution is 2.30. The largest absolute Gasteiger partial charge is 0.463 e. The van der Waals surface area contributed by atoms with Gasteiger partial charge in [0.05, 0.1) is 22.9 Å². The Balaban J connectivity index is 1.44. The molecule has 37 heavy (non-hydrogen) atoms. The van der Waals surface area contributed by atoms with Crippen LogP contribution in [0.1, 0.15) is 11.8 Å². The lowest BCUT2D eigenvalue weighted by atomic mass is 10.2. The summed E-state index contributed by atoms with van der Waals surface area (Å²) in [4.78, 5) is 14.5. The van der Waals surface area contributed by atoms with Crippen molar-refractivity contribution in [1.29, 1.82) is 0 Å². The van der Waals surface area contributed by atoms with Gasteiger partial charge in [0.25, 0.3) is 10.0 Å².